The maximum Gasteiger partial charge on any atom is 0.122 e. The molecular weight excluding hydrogens is 266 g/mol. The fourth-order valence-corrected chi connectivity index (χ4v) is 3.17. The minimum absolute atomic E-state index is 0.528. The Kier molecular flexibility index (Phi) is 3.70. The monoisotopic (exact) mass is 285 g/mol. The van der Waals surface area contributed by atoms with Gasteiger partial charge in [0, 0.05) is 31.3 Å². The van der Waals surface area contributed by atoms with Crippen LogP contribution >= 0.6 is 15.9 Å². The molecule has 0 bridgehead atoms. The van der Waals surface area contributed by atoms with Gasteiger partial charge in [0.05, 0.1) is 6.54 Å². The first-order valence-corrected chi connectivity index (χ1v) is 6.98. The Morgan fingerprint density at radius 2 is 2.31 bits per heavy atom. The number of rotatable bonds is 5. The van der Waals surface area contributed by atoms with Crippen molar-refractivity contribution >= 4 is 15.9 Å². The van der Waals surface area contributed by atoms with Crippen molar-refractivity contribution in [2.24, 2.45) is 12.5 Å². The number of aromatic nitrogens is 2. The van der Waals surface area contributed by atoms with Crippen molar-refractivity contribution in [3.05, 3.63) is 18.2 Å². The second-order valence-corrected chi connectivity index (χ2v) is 5.67. The average molecular weight is 286 g/mol. The number of nitrogens with zero attached hydrogens (tertiary/aromatic N) is 3. The average Bonchev–Trinajstić information content (AvgIpc) is 2.58. The van der Waals surface area contributed by atoms with Gasteiger partial charge in [0.1, 0.15) is 5.82 Å². The van der Waals surface area contributed by atoms with Gasteiger partial charge in [-0.15, -0.1) is 0 Å². The van der Waals surface area contributed by atoms with Crippen LogP contribution in [-0.2, 0) is 13.6 Å². The highest BCUT2D eigenvalue weighted by Crippen LogP contribution is 2.42. The normalized spacial score (nSPS) is 18.8. The molecule has 1 saturated carbocycles. The summed E-state index contributed by atoms with van der Waals surface area (Å²) < 4.78 is 2.10. The summed E-state index contributed by atoms with van der Waals surface area (Å²) in [6.07, 6.45) is 7.99. The van der Waals surface area contributed by atoms with E-state index >= 15 is 0 Å². The predicted octanol–water partition coefficient (Wildman–Crippen LogP) is 2.42. The largest absolute Gasteiger partial charge is 0.337 e. The van der Waals surface area contributed by atoms with E-state index in [1.165, 1.54) is 25.8 Å². The zero-order chi connectivity index (χ0) is 11.6. The van der Waals surface area contributed by atoms with E-state index in [4.69, 9.17) is 0 Å². The van der Waals surface area contributed by atoms with Crippen molar-refractivity contribution in [3.8, 4) is 0 Å². The Bertz CT molecular complexity index is 338. The molecule has 4 heteroatoms. The van der Waals surface area contributed by atoms with E-state index in [1.54, 1.807) is 0 Å². The maximum absolute atomic E-state index is 4.37. The van der Waals surface area contributed by atoms with E-state index in [-0.39, 0.29) is 0 Å². The van der Waals surface area contributed by atoms with E-state index in [1.807, 2.05) is 12.4 Å². The van der Waals surface area contributed by atoms with Gasteiger partial charge in [-0.2, -0.15) is 0 Å². The zero-order valence-electron chi connectivity index (χ0n) is 10.1. The van der Waals surface area contributed by atoms with Crippen LogP contribution < -0.4 is 0 Å². The molecule has 0 aromatic carbocycles. The summed E-state index contributed by atoms with van der Waals surface area (Å²) in [5.74, 6) is 1.14. The number of hydrogen-bond donors (Lipinski definition) is 0. The first kappa shape index (κ1) is 12.1. The van der Waals surface area contributed by atoms with Crippen LogP contribution in [0, 0.1) is 5.41 Å². The van der Waals surface area contributed by atoms with Crippen LogP contribution in [0.1, 0.15) is 25.1 Å². The molecule has 1 aliphatic carbocycles. The smallest absolute Gasteiger partial charge is 0.122 e. The third-order valence-electron chi connectivity index (χ3n) is 3.64. The van der Waals surface area contributed by atoms with Crippen molar-refractivity contribution in [2.75, 3.05) is 18.9 Å². The Balaban J connectivity index is 1.89. The summed E-state index contributed by atoms with van der Waals surface area (Å²) >= 11 is 3.66. The molecule has 1 fully saturated rings. The van der Waals surface area contributed by atoms with E-state index < -0.39 is 0 Å². The molecule has 1 aromatic rings. The number of imidazole rings is 1. The highest BCUT2D eigenvalue weighted by molar-refractivity contribution is 9.09. The number of aryl methyl sites for hydroxylation is 1. The summed E-state index contributed by atoms with van der Waals surface area (Å²) in [5, 5.41) is 1.13. The quantitative estimate of drug-likeness (QED) is 0.775. The van der Waals surface area contributed by atoms with Gasteiger partial charge in [-0.25, -0.2) is 4.98 Å². The molecule has 1 aromatic heterocycles. The second kappa shape index (κ2) is 4.88. The van der Waals surface area contributed by atoms with Crippen LogP contribution in [0.4, 0.5) is 0 Å². The number of hydrogen-bond acceptors (Lipinski definition) is 2. The summed E-state index contributed by atoms with van der Waals surface area (Å²) in [6, 6.07) is 0. The van der Waals surface area contributed by atoms with E-state index in [0.717, 1.165) is 17.7 Å². The molecule has 0 N–H and O–H groups in total. The Hall–Kier alpha value is -0.350. The van der Waals surface area contributed by atoms with Gasteiger partial charge < -0.3 is 4.57 Å². The lowest BCUT2D eigenvalue weighted by Crippen LogP contribution is -2.42. The third-order valence-corrected chi connectivity index (χ3v) is 4.82. The van der Waals surface area contributed by atoms with Crippen molar-refractivity contribution in [1.82, 2.24) is 14.5 Å². The SMILES string of the molecule is CN(Cc1nccn1C)CC1(CBr)CCC1. The Morgan fingerprint density at radius 1 is 1.56 bits per heavy atom. The molecule has 0 aliphatic heterocycles. The Morgan fingerprint density at radius 3 is 2.75 bits per heavy atom. The molecule has 0 atom stereocenters. The van der Waals surface area contributed by atoms with Crippen LogP contribution in [0.2, 0.25) is 0 Å². The van der Waals surface area contributed by atoms with Gasteiger partial charge in [-0.3, -0.25) is 4.90 Å². The molecule has 0 saturated heterocycles. The van der Waals surface area contributed by atoms with Crippen molar-refractivity contribution in [1.29, 1.82) is 0 Å². The standard InChI is InChI=1S/C12H20BrN3/c1-15(8-11-14-6-7-16(11)2)10-12(9-13)4-3-5-12/h6-7H,3-5,8-10H2,1-2H3. The van der Waals surface area contributed by atoms with E-state index in [9.17, 15) is 0 Å². The van der Waals surface area contributed by atoms with Crippen molar-refractivity contribution in [3.63, 3.8) is 0 Å². The topological polar surface area (TPSA) is 21.1 Å². The minimum Gasteiger partial charge on any atom is -0.337 e. The lowest BCUT2D eigenvalue weighted by Gasteiger charge is -2.43. The minimum atomic E-state index is 0.528. The maximum atomic E-state index is 4.37. The highest BCUT2D eigenvalue weighted by atomic mass is 79.9. The molecule has 90 valence electrons. The van der Waals surface area contributed by atoms with E-state index in [0.29, 0.717) is 5.41 Å². The van der Waals surface area contributed by atoms with E-state index in [2.05, 4.69) is 44.5 Å². The van der Waals surface area contributed by atoms with Gasteiger partial charge in [0.15, 0.2) is 0 Å². The summed E-state index contributed by atoms with van der Waals surface area (Å²) in [4.78, 5) is 6.76. The number of alkyl halides is 1. The van der Waals surface area contributed by atoms with Gasteiger partial charge in [0.2, 0.25) is 0 Å². The summed E-state index contributed by atoms with van der Waals surface area (Å²) in [7, 11) is 4.25. The molecule has 3 nitrogen and oxygen atoms in total. The van der Waals surface area contributed by atoms with Gasteiger partial charge in [-0.1, -0.05) is 22.4 Å². The highest BCUT2D eigenvalue weighted by Gasteiger charge is 2.36. The lowest BCUT2D eigenvalue weighted by atomic mass is 9.70. The molecule has 1 heterocycles. The molecule has 2 rings (SSSR count). The first-order valence-electron chi connectivity index (χ1n) is 5.86. The molecule has 0 unspecified atom stereocenters. The molecule has 0 radical (unpaired) electrons. The van der Waals surface area contributed by atoms with Crippen LogP contribution in [-0.4, -0.2) is 33.4 Å². The van der Waals surface area contributed by atoms with Crippen LogP contribution in [0.25, 0.3) is 0 Å². The Labute approximate surface area is 106 Å². The molecule has 16 heavy (non-hydrogen) atoms. The molecular formula is C12H20BrN3. The fourth-order valence-electron chi connectivity index (χ4n) is 2.43. The van der Waals surface area contributed by atoms with Crippen molar-refractivity contribution in [2.45, 2.75) is 25.8 Å². The van der Waals surface area contributed by atoms with Crippen LogP contribution in [0.5, 0.6) is 0 Å². The molecule has 1 aliphatic rings. The van der Waals surface area contributed by atoms with Gasteiger partial charge in [-0.05, 0) is 25.3 Å². The summed E-state index contributed by atoms with van der Waals surface area (Å²) in [5.41, 5.74) is 0.528. The second-order valence-electron chi connectivity index (χ2n) is 5.11. The van der Waals surface area contributed by atoms with Crippen LogP contribution in [0.3, 0.4) is 0 Å². The molecule has 0 amide bonds. The van der Waals surface area contributed by atoms with Crippen molar-refractivity contribution < 1.29 is 0 Å². The number of halogens is 1. The third kappa shape index (κ3) is 2.48. The molecule has 0 spiro atoms. The zero-order valence-corrected chi connectivity index (χ0v) is 11.7. The first-order chi connectivity index (χ1) is 7.65. The fraction of sp³-hybridized carbons (Fsp3) is 0.750. The van der Waals surface area contributed by atoms with Gasteiger partial charge in [0.25, 0.3) is 0 Å². The van der Waals surface area contributed by atoms with Gasteiger partial charge >= 0.3 is 0 Å². The predicted molar refractivity (Wildman–Crippen MR) is 69.6 cm³/mol. The van der Waals surface area contributed by atoms with Crippen LogP contribution in [0.15, 0.2) is 12.4 Å². The summed E-state index contributed by atoms with van der Waals surface area (Å²) in [6.45, 7) is 2.11. The lowest BCUT2D eigenvalue weighted by molar-refractivity contribution is 0.101.